The van der Waals surface area contributed by atoms with Gasteiger partial charge in [-0.2, -0.15) is 0 Å². The van der Waals surface area contributed by atoms with E-state index in [0.29, 0.717) is 10.6 Å². The molecule has 1 rings (SSSR count). The lowest BCUT2D eigenvalue weighted by Gasteiger charge is -2.29. The minimum Gasteiger partial charge on any atom is -0.384 e. The monoisotopic (exact) mass is 364 g/mol. The molecule has 0 heterocycles. The first-order valence-corrected chi connectivity index (χ1v) is 7.01. The Morgan fingerprint density at radius 1 is 1.12 bits per heavy atom. The van der Waals surface area contributed by atoms with Gasteiger partial charge in [-0.25, -0.2) is 0 Å². The summed E-state index contributed by atoms with van der Waals surface area (Å²) in [5, 5.41) is 11.2. The second-order valence-electron chi connectivity index (χ2n) is 3.46. The van der Waals surface area contributed by atoms with Gasteiger partial charge in [0.15, 0.2) is 3.79 Å². The Bertz CT molecular complexity index is 349. The molecule has 0 spiro atoms. The SMILES string of the molecule is OC(CBr)(CC(Cl)(Cl)Cl)c1ccc(Cl)cc1. The predicted octanol–water partition coefficient (Wildman–Crippen LogP) is 4.68. The van der Waals surface area contributed by atoms with Crippen molar-refractivity contribution in [1.29, 1.82) is 0 Å². The van der Waals surface area contributed by atoms with Crippen LogP contribution in [0.1, 0.15) is 12.0 Å². The van der Waals surface area contributed by atoms with Gasteiger partial charge in [-0.15, -0.1) is 0 Å². The van der Waals surface area contributed by atoms with Crippen LogP contribution in [0.25, 0.3) is 0 Å². The van der Waals surface area contributed by atoms with Gasteiger partial charge < -0.3 is 5.11 Å². The van der Waals surface area contributed by atoms with Crippen LogP contribution >= 0.6 is 62.3 Å². The molecule has 1 unspecified atom stereocenters. The fourth-order valence-electron chi connectivity index (χ4n) is 1.32. The first-order valence-electron chi connectivity index (χ1n) is 4.38. The van der Waals surface area contributed by atoms with Crippen molar-refractivity contribution in [2.24, 2.45) is 0 Å². The Balaban J connectivity index is 3.00. The van der Waals surface area contributed by atoms with Gasteiger partial charge >= 0.3 is 0 Å². The van der Waals surface area contributed by atoms with Crippen molar-refractivity contribution in [1.82, 2.24) is 0 Å². The van der Waals surface area contributed by atoms with Crippen molar-refractivity contribution in [3.8, 4) is 0 Å². The number of halogens is 5. The maximum atomic E-state index is 10.4. The van der Waals surface area contributed by atoms with Gasteiger partial charge in [-0.3, -0.25) is 0 Å². The molecule has 0 aliphatic carbocycles. The van der Waals surface area contributed by atoms with Crippen LogP contribution in [0, 0.1) is 0 Å². The first kappa shape index (κ1) is 14.9. The minimum absolute atomic E-state index is 0.00243. The van der Waals surface area contributed by atoms with Crippen molar-refractivity contribution >= 4 is 62.3 Å². The second-order valence-corrected chi connectivity index (χ2v) is 6.98. The van der Waals surface area contributed by atoms with Crippen LogP contribution in [0.15, 0.2) is 24.3 Å². The molecule has 1 aromatic carbocycles. The van der Waals surface area contributed by atoms with Gasteiger partial charge in [0.1, 0.15) is 5.60 Å². The number of aliphatic hydroxyl groups is 1. The van der Waals surface area contributed by atoms with Gasteiger partial charge in [0, 0.05) is 16.8 Å². The molecular weight excluding hydrogens is 358 g/mol. The highest BCUT2D eigenvalue weighted by atomic mass is 79.9. The van der Waals surface area contributed by atoms with Crippen molar-refractivity contribution in [2.45, 2.75) is 15.8 Å². The van der Waals surface area contributed by atoms with Crippen molar-refractivity contribution in [3.63, 3.8) is 0 Å². The van der Waals surface area contributed by atoms with Gasteiger partial charge in [0.05, 0.1) is 0 Å². The molecule has 0 amide bonds. The van der Waals surface area contributed by atoms with E-state index in [1.807, 2.05) is 0 Å². The molecular formula is C10H9BrCl4O. The van der Waals surface area contributed by atoms with E-state index in [9.17, 15) is 5.11 Å². The average molecular weight is 367 g/mol. The number of hydrogen-bond acceptors (Lipinski definition) is 1. The van der Waals surface area contributed by atoms with E-state index >= 15 is 0 Å². The third-order valence-electron chi connectivity index (χ3n) is 2.10. The summed E-state index contributed by atoms with van der Waals surface area (Å²) in [5.41, 5.74) is -0.573. The van der Waals surface area contributed by atoms with Crippen LogP contribution in [0.3, 0.4) is 0 Å². The van der Waals surface area contributed by atoms with Gasteiger partial charge in [0.2, 0.25) is 0 Å². The molecule has 0 fully saturated rings. The maximum Gasteiger partial charge on any atom is 0.193 e. The molecule has 90 valence electrons. The summed E-state index contributed by atoms with van der Waals surface area (Å²) in [5.74, 6) is 0. The van der Waals surface area contributed by atoms with Crippen LogP contribution in [0.5, 0.6) is 0 Å². The average Bonchev–Trinajstić information content (AvgIpc) is 2.16. The van der Waals surface area contributed by atoms with E-state index in [2.05, 4.69) is 15.9 Å². The first-order chi connectivity index (χ1) is 7.27. The maximum absolute atomic E-state index is 10.4. The molecule has 1 N–H and O–H groups in total. The Hall–Kier alpha value is 0.820. The molecule has 0 bridgehead atoms. The predicted molar refractivity (Wildman–Crippen MR) is 74.0 cm³/mol. The van der Waals surface area contributed by atoms with E-state index in [1.54, 1.807) is 24.3 Å². The Kier molecular flexibility index (Phi) is 5.25. The van der Waals surface area contributed by atoms with Gasteiger partial charge in [-0.05, 0) is 17.7 Å². The van der Waals surface area contributed by atoms with Crippen LogP contribution in [-0.2, 0) is 5.60 Å². The smallest absolute Gasteiger partial charge is 0.193 e. The fraction of sp³-hybridized carbons (Fsp3) is 0.400. The number of rotatable bonds is 3. The lowest BCUT2D eigenvalue weighted by atomic mass is 9.93. The third-order valence-corrected chi connectivity index (χ3v) is 3.68. The van der Waals surface area contributed by atoms with Crippen molar-refractivity contribution in [3.05, 3.63) is 34.9 Å². The van der Waals surface area contributed by atoms with Gasteiger partial charge in [0.25, 0.3) is 0 Å². The molecule has 0 saturated carbocycles. The molecule has 0 saturated heterocycles. The summed E-state index contributed by atoms with van der Waals surface area (Å²) in [6, 6.07) is 6.78. The lowest BCUT2D eigenvalue weighted by Crippen LogP contribution is -2.32. The minimum atomic E-state index is -1.51. The summed E-state index contributed by atoms with van der Waals surface area (Å²) in [6.07, 6.45) is -0.00243. The normalized spacial score (nSPS) is 15.9. The topological polar surface area (TPSA) is 20.2 Å². The number of benzene rings is 1. The van der Waals surface area contributed by atoms with Crippen molar-refractivity contribution in [2.75, 3.05) is 5.33 Å². The summed E-state index contributed by atoms with van der Waals surface area (Å²) in [4.78, 5) is 0. The van der Waals surface area contributed by atoms with E-state index in [1.165, 1.54) is 0 Å². The molecule has 16 heavy (non-hydrogen) atoms. The molecule has 6 heteroatoms. The largest absolute Gasteiger partial charge is 0.384 e. The van der Waals surface area contributed by atoms with E-state index < -0.39 is 9.39 Å². The van der Waals surface area contributed by atoms with Crippen molar-refractivity contribution < 1.29 is 5.11 Å². The Morgan fingerprint density at radius 2 is 1.62 bits per heavy atom. The summed E-state index contributed by atoms with van der Waals surface area (Å²) < 4.78 is -1.51. The van der Waals surface area contributed by atoms with Gasteiger partial charge in [-0.1, -0.05) is 74.5 Å². The lowest BCUT2D eigenvalue weighted by molar-refractivity contribution is 0.0556. The third kappa shape index (κ3) is 4.25. The zero-order valence-corrected chi connectivity index (χ0v) is 12.7. The van der Waals surface area contributed by atoms with Crippen LogP contribution in [0.4, 0.5) is 0 Å². The standard InChI is InChI=1S/C10H9BrCl4O/c11-6-9(16,5-10(13,14)15)7-1-3-8(12)4-2-7/h1-4,16H,5-6H2. The summed E-state index contributed by atoms with van der Waals surface area (Å²) in [7, 11) is 0. The fourth-order valence-corrected chi connectivity index (χ4v) is 2.63. The molecule has 0 aromatic heterocycles. The van der Waals surface area contributed by atoms with Crippen LogP contribution in [-0.4, -0.2) is 14.2 Å². The molecule has 1 atom stereocenters. The Labute approximate surface area is 123 Å². The summed E-state index contributed by atoms with van der Waals surface area (Å²) in [6.45, 7) is 0. The molecule has 1 nitrogen and oxygen atoms in total. The van der Waals surface area contributed by atoms with E-state index in [0.717, 1.165) is 0 Å². The highest BCUT2D eigenvalue weighted by molar-refractivity contribution is 9.09. The molecule has 0 aliphatic heterocycles. The number of hydrogen-bond donors (Lipinski definition) is 1. The quantitative estimate of drug-likeness (QED) is 0.770. The number of alkyl halides is 4. The molecule has 1 aromatic rings. The van der Waals surface area contributed by atoms with Crippen LogP contribution in [0.2, 0.25) is 5.02 Å². The summed E-state index contributed by atoms with van der Waals surface area (Å²) >= 11 is 26.1. The Morgan fingerprint density at radius 3 is 2.00 bits per heavy atom. The van der Waals surface area contributed by atoms with E-state index in [4.69, 9.17) is 46.4 Å². The molecule has 0 radical (unpaired) electrons. The zero-order chi connectivity index (χ0) is 12.4. The zero-order valence-electron chi connectivity index (χ0n) is 8.06. The second kappa shape index (κ2) is 5.64. The highest BCUT2D eigenvalue weighted by Gasteiger charge is 2.37. The van der Waals surface area contributed by atoms with Crippen LogP contribution < -0.4 is 0 Å². The molecule has 0 aliphatic rings. The highest BCUT2D eigenvalue weighted by Crippen LogP contribution is 2.40. The van der Waals surface area contributed by atoms with E-state index in [-0.39, 0.29) is 11.8 Å².